The molecule has 136 valence electrons. The Morgan fingerprint density at radius 1 is 1.04 bits per heavy atom. The fourth-order valence-corrected chi connectivity index (χ4v) is 3.38. The third-order valence-electron chi connectivity index (χ3n) is 4.80. The number of carbonyl (C=O) groups excluding carboxylic acids is 2. The average Bonchev–Trinajstić information content (AvgIpc) is 3.25. The highest BCUT2D eigenvalue weighted by Crippen LogP contribution is 2.22. The molecule has 4 rings (SSSR count). The van der Waals surface area contributed by atoms with E-state index < -0.39 is 6.04 Å². The molecule has 1 atom stereocenters. The van der Waals surface area contributed by atoms with Gasteiger partial charge in [0, 0.05) is 30.6 Å². The van der Waals surface area contributed by atoms with Crippen LogP contribution in [-0.2, 0) is 11.2 Å². The minimum atomic E-state index is -0.501. The van der Waals surface area contributed by atoms with Crippen LogP contribution in [0.2, 0.25) is 0 Å². The van der Waals surface area contributed by atoms with Crippen molar-refractivity contribution < 1.29 is 14.0 Å². The average molecular weight is 360 g/mol. The maximum absolute atomic E-state index is 13.1. The molecule has 0 aliphatic carbocycles. The van der Waals surface area contributed by atoms with Gasteiger partial charge in [0.05, 0.1) is 6.26 Å². The molecule has 0 bridgehead atoms. The van der Waals surface area contributed by atoms with Crippen LogP contribution in [0, 0.1) is 0 Å². The Labute approximate surface area is 157 Å². The smallest absolute Gasteiger partial charge is 0.254 e. The van der Waals surface area contributed by atoms with E-state index in [4.69, 9.17) is 4.42 Å². The molecule has 2 aromatic carbocycles. The molecule has 5 heteroatoms. The van der Waals surface area contributed by atoms with E-state index in [1.165, 1.54) is 0 Å². The van der Waals surface area contributed by atoms with Crippen molar-refractivity contribution >= 4 is 11.8 Å². The minimum absolute atomic E-state index is 0.106. The SMILES string of the molecule is O=C1NCCN(C(=O)c2ccc(-c3ccco3)cc2)[C@H]1Cc1ccccc1. The fraction of sp³-hybridized carbons (Fsp3) is 0.182. The second-order valence-corrected chi connectivity index (χ2v) is 6.55. The lowest BCUT2D eigenvalue weighted by Crippen LogP contribution is -2.58. The van der Waals surface area contributed by atoms with Crippen molar-refractivity contribution in [2.75, 3.05) is 13.1 Å². The molecule has 0 saturated carbocycles. The predicted molar refractivity (Wildman–Crippen MR) is 102 cm³/mol. The number of amides is 2. The molecule has 0 unspecified atom stereocenters. The summed E-state index contributed by atoms with van der Waals surface area (Å²) in [6.45, 7) is 0.975. The number of nitrogens with one attached hydrogen (secondary N) is 1. The Bertz CT molecular complexity index is 918. The molecule has 1 aliphatic rings. The number of rotatable bonds is 4. The maximum atomic E-state index is 13.1. The van der Waals surface area contributed by atoms with Gasteiger partial charge in [-0.25, -0.2) is 0 Å². The first kappa shape index (κ1) is 17.1. The van der Waals surface area contributed by atoms with E-state index in [0.29, 0.717) is 25.1 Å². The van der Waals surface area contributed by atoms with E-state index in [2.05, 4.69) is 5.32 Å². The van der Waals surface area contributed by atoms with Crippen LogP contribution in [0.1, 0.15) is 15.9 Å². The highest BCUT2D eigenvalue weighted by atomic mass is 16.3. The number of carbonyl (C=O) groups is 2. The molecular weight excluding hydrogens is 340 g/mol. The van der Waals surface area contributed by atoms with Crippen molar-refractivity contribution in [3.05, 3.63) is 84.1 Å². The standard InChI is InChI=1S/C22H20N2O3/c25-21-19(15-16-5-2-1-3-6-16)24(13-12-23-21)22(26)18-10-8-17(9-11-18)20-7-4-14-27-20/h1-11,14,19H,12-13,15H2,(H,23,25)/t19-/m0/s1. The van der Waals surface area contributed by atoms with Crippen LogP contribution in [0.15, 0.2) is 77.4 Å². The zero-order valence-corrected chi connectivity index (χ0v) is 14.8. The Kier molecular flexibility index (Phi) is 4.75. The highest BCUT2D eigenvalue weighted by Gasteiger charge is 2.33. The van der Waals surface area contributed by atoms with Crippen LogP contribution in [0.4, 0.5) is 0 Å². The van der Waals surface area contributed by atoms with Crippen LogP contribution in [0.5, 0.6) is 0 Å². The van der Waals surface area contributed by atoms with Crippen molar-refractivity contribution in [1.82, 2.24) is 10.2 Å². The molecule has 2 amide bonds. The number of hydrogen-bond acceptors (Lipinski definition) is 3. The van der Waals surface area contributed by atoms with Crippen molar-refractivity contribution in [1.29, 1.82) is 0 Å². The molecule has 1 aromatic heterocycles. The number of hydrogen-bond donors (Lipinski definition) is 1. The summed E-state index contributed by atoms with van der Waals surface area (Å²) >= 11 is 0. The summed E-state index contributed by atoms with van der Waals surface area (Å²) in [4.78, 5) is 27.2. The summed E-state index contributed by atoms with van der Waals surface area (Å²) in [5, 5.41) is 2.87. The van der Waals surface area contributed by atoms with E-state index in [9.17, 15) is 9.59 Å². The Hall–Kier alpha value is -3.34. The molecule has 27 heavy (non-hydrogen) atoms. The van der Waals surface area contributed by atoms with Gasteiger partial charge in [-0.15, -0.1) is 0 Å². The van der Waals surface area contributed by atoms with Gasteiger partial charge in [-0.05, 0) is 29.8 Å². The Morgan fingerprint density at radius 3 is 2.52 bits per heavy atom. The van der Waals surface area contributed by atoms with E-state index in [1.54, 1.807) is 23.3 Å². The summed E-state index contributed by atoms with van der Waals surface area (Å²) in [6, 6.07) is 20.3. The largest absolute Gasteiger partial charge is 0.464 e. The van der Waals surface area contributed by atoms with Gasteiger partial charge in [0.15, 0.2) is 0 Å². The van der Waals surface area contributed by atoms with Crippen LogP contribution < -0.4 is 5.32 Å². The molecular formula is C22H20N2O3. The summed E-state index contributed by atoms with van der Waals surface area (Å²) in [5.41, 5.74) is 2.51. The minimum Gasteiger partial charge on any atom is -0.464 e. The lowest BCUT2D eigenvalue weighted by Gasteiger charge is -2.35. The topological polar surface area (TPSA) is 62.6 Å². The third kappa shape index (κ3) is 3.62. The monoisotopic (exact) mass is 360 g/mol. The van der Waals surface area contributed by atoms with E-state index >= 15 is 0 Å². The first-order chi connectivity index (χ1) is 13.2. The number of benzene rings is 2. The summed E-state index contributed by atoms with van der Waals surface area (Å²) in [5.74, 6) is 0.524. The molecule has 1 saturated heterocycles. The zero-order chi connectivity index (χ0) is 18.6. The van der Waals surface area contributed by atoms with Crippen molar-refractivity contribution in [2.45, 2.75) is 12.5 Å². The van der Waals surface area contributed by atoms with E-state index in [-0.39, 0.29) is 11.8 Å². The quantitative estimate of drug-likeness (QED) is 0.778. The fourth-order valence-electron chi connectivity index (χ4n) is 3.38. The normalized spacial score (nSPS) is 16.8. The summed E-state index contributed by atoms with van der Waals surface area (Å²) < 4.78 is 5.39. The van der Waals surface area contributed by atoms with Crippen LogP contribution in [0.25, 0.3) is 11.3 Å². The molecule has 1 aliphatic heterocycles. The Morgan fingerprint density at radius 2 is 1.81 bits per heavy atom. The van der Waals surface area contributed by atoms with Crippen LogP contribution >= 0.6 is 0 Å². The van der Waals surface area contributed by atoms with Gasteiger partial charge in [-0.2, -0.15) is 0 Å². The van der Waals surface area contributed by atoms with Crippen molar-refractivity contribution in [3.8, 4) is 11.3 Å². The van der Waals surface area contributed by atoms with E-state index in [1.807, 2.05) is 54.6 Å². The predicted octanol–water partition coefficient (Wildman–Crippen LogP) is 3.13. The van der Waals surface area contributed by atoms with Gasteiger partial charge in [0.2, 0.25) is 5.91 Å². The van der Waals surface area contributed by atoms with Gasteiger partial charge in [0.25, 0.3) is 5.91 Å². The second-order valence-electron chi connectivity index (χ2n) is 6.55. The first-order valence-corrected chi connectivity index (χ1v) is 8.99. The van der Waals surface area contributed by atoms with Crippen molar-refractivity contribution in [3.63, 3.8) is 0 Å². The molecule has 1 N–H and O–H groups in total. The Balaban J connectivity index is 1.55. The second kappa shape index (κ2) is 7.50. The van der Waals surface area contributed by atoms with Crippen LogP contribution in [-0.4, -0.2) is 35.8 Å². The van der Waals surface area contributed by atoms with Gasteiger partial charge in [-0.1, -0.05) is 42.5 Å². The third-order valence-corrected chi connectivity index (χ3v) is 4.80. The maximum Gasteiger partial charge on any atom is 0.254 e. The molecule has 2 heterocycles. The first-order valence-electron chi connectivity index (χ1n) is 8.99. The summed E-state index contributed by atoms with van der Waals surface area (Å²) in [7, 11) is 0. The summed E-state index contributed by atoms with van der Waals surface area (Å²) in [6.07, 6.45) is 2.12. The van der Waals surface area contributed by atoms with Gasteiger partial charge in [-0.3, -0.25) is 9.59 Å². The molecule has 0 radical (unpaired) electrons. The van der Waals surface area contributed by atoms with Gasteiger partial charge in [0.1, 0.15) is 11.8 Å². The number of nitrogens with zero attached hydrogens (tertiary/aromatic N) is 1. The molecule has 0 spiro atoms. The van der Waals surface area contributed by atoms with Crippen molar-refractivity contribution in [2.24, 2.45) is 0 Å². The molecule has 3 aromatic rings. The zero-order valence-electron chi connectivity index (χ0n) is 14.8. The molecule has 5 nitrogen and oxygen atoms in total. The lowest BCUT2D eigenvalue weighted by molar-refractivity contribution is -0.127. The number of furan rings is 1. The molecule has 1 fully saturated rings. The lowest BCUT2D eigenvalue weighted by atomic mass is 10.0. The van der Waals surface area contributed by atoms with Gasteiger partial charge < -0.3 is 14.6 Å². The number of piperazine rings is 1. The highest BCUT2D eigenvalue weighted by molar-refractivity contribution is 5.98. The van der Waals surface area contributed by atoms with Gasteiger partial charge >= 0.3 is 0 Å². The van der Waals surface area contributed by atoms with E-state index in [0.717, 1.165) is 16.9 Å². The van der Waals surface area contributed by atoms with Crippen LogP contribution in [0.3, 0.4) is 0 Å².